The van der Waals surface area contributed by atoms with Crippen LogP contribution >= 0.6 is 22.6 Å². The molecule has 0 aromatic heterocycles. The van der Waals surface area contributed by atoms with Gasteiger partial charge in [0, 0.05) is 21.9 Å². The lowest BCUT2D eigenvalue weighted by molar-refractivity contribution is -0.113. The van der Waals surface area contributed by atoms with Gasteiger partial charge in [0.05, 0.1) is 0 Å². The average molecular weight is 389 g/mol. The number of rotatable bonds is 1. The number of carbonyl (C=O) groups excluding carboxylic acids is 1. The zero-order valence-corrected chi connectivity index (χ0v) is 13.3. The second-order valence-electron chi connectivity index (χ2n) is 4.58. The van der Waals surface area contributed by atoms with E-state index < -0.39 is 0 Å². The van der Waals surface area contributed by atoms with Crippen LogP contribution in [-0.2, 0) is 11.3 Å². The molecule has 0 saturated heterocycles. The topological polar surface area (TPSA) is 45.0 Å². The summed E-state index contributed by atoms with van der Waals surface area (Å²) in [5.74, 6) is 0.827. The molecule has 104 valence electrons. The molecule has 0 N–H and O–H groups in total. The van der Waals surface area contributed by atoms with Gasteiger partial charge in [-0.25, -0.2) is 4.99 Å². The fourth-order valence-corrected chi connectivity index (χ4v) is 2.72. The van der Waals surface area contributed by atoms with Gasteiger partial charge in [0.15, 0.2) is 5.84 Å². The summed E-state index contributed by atoms with van der Waals surface area (Å²) in [7, 11) is 0. The molecule has 21 heavy (non-hydrogen) atoms. The van der Waals surface area contributed by atoms with Crippen LogP contribution in [0.15, 0.2) is 68.8 Å². The molecule has 1 amide bonds. The van der Waals surface area contributed by atoms with Gasteiger partial charge in [0.25, 0.3) is 5.91 Å². The van der Waals surface area contributed by atoms with Gasteiger partial charge in [-0.2, -0.15) is 4.99 Å². The monoisotopic (exact) mass is 389 g/mol. The smallest absolute Gasteiger partial charge is 0.271 e. The van der Waals surface area contributed by atoms with Crippen LogP contribution in [0.3, 0.4) is 0 Å². The second-order valence-corrected chi connectivity index (χ2v) is 5.83. The highest BCUT2D eigenvalue weighted by Crippen LogP contribution is 2.23. The molecule has 0 fully saturated rings. The lowest BCUT2D eigenvalue weighted by Crippen LogP contribution is -2.24. The maximum Gasteiger partial charge on any atom is 0.271 e. The van der Waals surface area contributed by atoms with Crippen molar-refractivity contribution in [2.45, 2.75) is 6.54 Å². The minimum atomic E-state index is -0.387. The van der Waals surface area contributed by atoms with Crippen molar-refractivity contribution in [2.75, 3.05) is 0 Å². The van der Waals surface area contributed by atoms with Crippen molar-refractivity contribution >= 4 is 40.2 Å². The van der Waals surface area contributed by atoms with Crippen LogP contribution in [0.2, 0.25) is 0 Å². The molecule has 0 saturated carbocycles. The van der Waals surface area contributed by atoms with Gasteiger partial charge in [0.1, 0.15) is 5.84 Å². The Morgan fingerprint density at radius 2 is 2.19 bits per heavy atom. The first-order valence-electron chi connectivity index (χ1n) is 6.41. The number of carbonyl (C=O) groups is 1. The standard InChI is InChI=1S/C16H12IN3O/c1-2-15(21)19-16-13-6-4-3-5-11(13)9-20-10-12(17)7-8-14(20)18-16/h2-8,10H,1,9H2. The minimum Gasteiger partial charge on any atom is -0.327 e. The van der Waals surface area contributed by atoms with E-state index in [0.29, 0.717) is 12.4 Å². The minimum absolute atomic E-state index is 0.387. The fourth-order valence-electron chi connectivity index (χ4n) is 2.20. The Kier molecular flexibility index (Phi) is 3.83. The Hall–Kier alpha value is -2.02. The molecule has 4 nitrogen and oxygen atoms in total. The molecule has 1 aromatic rings. The molecule has 0 atom stereocenters. The molecule has 0 unspecified atom stereocenters. The van der Waals surface area contributed by atoms with Gasteiger partial charge in [-0.1, -0.05) is 30.8 Å². The molecule has 3 rings (SSSR count). The number of benzene rings is 1. The summed E-state index contributed by atoms with van der Waals surface area (Å²) in [4.78, 5) is 22.3. The van der Waals surface area contributed by atoms with Crippen molar-refractivity contribution in [1.82, 2.24) is 4.90 Å². The van der Waals surface area contributed by atoms with E-state index in [2.05, 4.69) is 44.1 Å². The quantitative estimate of drug-likeness (QED) is 0.547. The van der Waals surface area contributed by atoms with E-state index in [9.17, 15) is 4.79 Å². The molecular formula is C16H12IN3O. The van der Waals surface area contributed by atoms with Crippen LogP contribution in [0.5, 0.6) is 0 Å². The highest BCUT2D eigenvalue weighted by atomic mass is 127. The van der Waals surface area contributed by atoms with Gasteiger partial charge in [0.2, 0.25) is 0 Å². The van der Waals surface area contributed by atoms with Gasteiger partial charge in [-0.05, 0) is 46.4 Å². The van der Waals surface area contributed by atoms with Crippen LogP contribution in [0.25, 0.3) is 0 Å². The molecule has 2 aliphatic rings. The Labute approximate surface area is 136 Å². The maximum absolute atomic E-state index is 11.6. The molecule has 0 radical (unpaired) electrons. The first-order chi connectivity index (χ1) is 10.2. The summed E-state index contributed by atoms with van der Waals surface area (Å²) in [6.45, 7) is 4.16. The largest absolute Gasteiger partial charge is 0.327 e. The third kappa shape index (κ3) is 2.87. The number of halogens is 1. The first-order valence-corrected chi connectivity index (χ1v) is 7.49. The Balaban J connectivity index is 2.16. The van der Waals surface area contributed by atoms with Crippen molar-refractivity contribution in [3.63, 3.8) is 0 Å². The summed E-state index contributed by atoms with van der Waals surface area (Å²) in [6, 6.07) is 7.87. The maximum atomic E-state index is 11.6. The summed E-state index contributed by atoms with van der Waals surface area (Å²) in [5.41, 5.74) is 1.97. The van der Waals surface area contributed by atoms with E-state index in [0.717, 1.165) is 20.5 Å². The third-order valence-corrected chi connectivity index (χ3v) is 3.81. The average Bonchev–Trinajstić information content (AvgIpc) is 2.63. The number of fused-ring (bicyclic) bond motifs is 2. The van der Waals surface area contributed by atoms with Crippen molar-refractivity contribution in [3.05, 3.63) is 70.0 Å². The normalized spacial score (nSPS) is 18.3. The zero-order chi connectivity index (χ0) is 14.8. The summed E-state index contributed by atoms with van der Waals surface area (Å²) >= 11 is 2.27. The SMILES string of the molecule is C=CC(=O)N=C1N=C2C=CC(I)=CN2Cc2ccccc21. The number of aliphatic imine (C=N–C) groups is 2. The lowest BCUT2D eigenvalue weighted by Gasteiger charge is -2.21. The fraction of sp³-hybridized carbons (Fsp3) is 0.0625. The lowest BCUT2D eigenvalue weighted by atomic mass is 10.1. The van der Waals surface area contributed by atoms with E-state index >= 15 is 0 Å². The third-order valence-electron chi connectivity index (χ3n) is 3.18. The number of allylic oxidation sites excluding steroid dienone is 2. The van der Waals surface area contributed by atoms with Gasteiger partial charge < -0.3 is 4.90 Å². The van der Waals surface area contributed by atoms with Crippen molar-refractivity contribution in [2.24, 2.45) is 9.98 Å². The van der Waals surface area contributed by atoms with Gasteiger partial charge in [-0.15, -0.1) is 0 Å². The van der Waals surface area contributed by atoms with Crippen molar-refractivity contribution in [3.8, 4) is 0 Å². The summed E-state index contributed by atoms with van der Waals surface area (Å²) < 4.78 is 1.13. The van der Waals surface area contributed by atoms with Gasteiger partial charge >= 0.3 is 0 Å². The molecule has 2 heterocycles. The highest BCUT2D eigenvalue weighted by molar-refractivity contribution is 14.1. The van der Waals surface area contributed by atoms with E-state index in [4.69, 9.17) is 0 Å². The molecule has 5 heteroatoms. The zero-order valence-electron chi connectivity index (χ0n) is 11.2. The van der Waals surface area contributed by atoms with E-state index in [-0.39, 0.29) is 5.91 Å². The van der Waals surface area contributed by atoms with Gasteiger partial charge in [-0.3, -0.25) is 4.79 Å². The molecule has 1 aromatic carbocycles. The number of amides is 1. The second kappa shape index (κ2) is 5.77. The molecular weight excluding hydrogens is 377 g/mol. The van der Waals surface area contributed by atoms with Crippen LogP contribution in [0.1, 0.15) is 11.1 Å². The molecule has 0 aliphatic carbocycles. The van der Waals surface area contributed by atoms with Crippen LogP contribution in [-0.4, -0.2) is 22.5 Å². The number of amidine groups is 2. The Bertz CT molecular complexity index is 744. The highest BCUT2D eigenvalue weighted by Gasteiger charge is 2.21. The number of hydrogen-bond acceptors (Lipinski definition) is 2. The van der Waals surface area contributed by atoms with Crippen molar-refractivity contribution < 1.29 is 4.79 Å². The summed E-state index contributed by atoms with van der Waals surface area (Å²) in [6.07, 6.45) is 7.15. The Morgan fingerprint density at radius 1 is 1.38 bits per heavy atom. The first kappa shape index (κ1) is 13.9. The predicted octanol–water partition coefficient (Wildman–Crippen LogP) is 3.21. The van der Waals surface area contributed by atoms with Crippen LogP contribution in [0, 0.1) is 0 Å². The Morgan fingerprint density at radius 3 is 3.00 bits per heavy atom. The molecule has 0 spiro atoms. The van der Waals surface area contributed by atoms with E-state index in [1.165, 1.54) is 6.08 Å². The number of hydrogen-bond donors (Lipinski definition) is 0. The molecule has 0 bridgehead atoms. The van der Waals surface area contributed by atoms with Crippen LogP contribution in [0.4, 0.5) is 0 Å². The van der Waals surface area contributed by atoms with Crippen molar-refractivity contribution in [1.29, 1.82) is 0 Å². The van der Waals surface area contributed by atoms with E-state index in [1.54, 1.807) is 0 Å². The summed E-state index contributed by atoms with van der Waals surface area (Å²) in [5, 5.41) is 0. The predicted molar refractivity (Wildman–Crippen MR) is 92.4 cm³/mol. The van der Waals surface area contributed by atoms with E-state index in [1.807, 2.05) is 42.6 Å². The van der Waals surface area contributed by atoms with Crippen LogP contribution < -0.4 is 0 Å². The molecule has 2 aliphatic heterocycles. The number of nitrogens with zero attached hydrogens (tertiary/aromatic N) is 3.